The van der Waals surface area contributed by atoms with Crippen LogP contribution >= 0.6 is 15.9 Å². The molecule has 1 unspecified atom stereocenters. The largest absolute Gasteiger partial charge is 0.336 e. The second kappa shape index (κ2) is 7.23. The van der Waals surface area contributed by atoms with Crippen molar-refractivity contribution >= 4 is 21.8 Å². The molecule has 20 heavy (non-hydrogen) atoms. The van der Waals surface area contributed by atoms with Gasteiger partial charge in [-0.2, -0.15) is 0 Å². The first kappa shape index (κ1) is 15.5. The molecule has 0 saturated carbocycles. The van der Waals surface area contributed by atoms with Gasteiger partial charge in [0, 0.05) is 17.1 Å². The van der Waals surface area contributed by atoms with E-state index >= 15 is 0 Å². The van der Waals surface area contributed by atoms with Gasteiger partial charge in [0.05, 0.1) is 5.56 Å². The number of nitrogens with zero attached hydrogens (tertiary/aromatic N) is 1. The molecule has 0 bridgehead atoms. The molecular weight excluding hydrogens is 316 g/mol. The van der Waals surface area contributed by atoms with Crippen molar-refractivity contribution in [3.63, 3.8) is 0 Å². The maximum absolute atomic E-state index is 12.8. The Morgan fingerprint density at radius 2 is 2.25 bits per heavy atom. The van der Waals surface area contributed by atoms with Crippen LogP contribution in [-0.2, 0) is 0 Å². The van der Waals surface area contributed by atoms with E-state index in [9.17, 15) is 4.79 Å². The van der Waals surface area contributed by atoms with Crippen molar-refractivity contribution < 1.29 is 4.79 Å². The van der Waals surface area contributed by atoms with Crippen molar-refractivity contribution in [1.29, 1.82) is 0 Å². The van der Waals surface area contributed by atoms with Crippen LogP contribution in [0.1, 0.15) is 41.6 Å². The van der Waals surface area contributed by atoms with E-state index in [1.807, 2.05) is 32.2 Å². The number of benzene rings is 1. The van der Waals surface area contributed by atoms with Gasteiger partial charge >= 0.3 is 0 Å². The molecule has 1 fully saturated rings. The molecule has 1 N–H and O–H groups in total. The topological polar surface area (TPSA) is 32.3 Å². The number of hydrogen-bond acceptors (Lipinski definition) is 2. The number of aryl methyl sites for hydroxylation is 1. The third-order valence-electron chi connectivity index (χ3n) is 4.04. The lowest BCUT2D eigenvalue weighted by Crippen LogP contribution is -2.44. The van der Waals surface area contributed by atoms with Crippen LogP contribution in [0.15, 0.2) is 22.7 Å². The SMILES string of the molecule is CNCCC1CCCCN1C(=O)c1cccc(C)c1Br. The summed E-state index contributed by atoms with van der Waals surface area (Å²) in [6.07, 6.45) is 4.50. The first-order chi connectivity index (χ1) is 9.65. The standard InChI is InChI=1S/C16H23BrN2O/c1-12-6-5-8-14(15(12)17)16(20)19-11-4-3-7-13(19)9-10-18-2/h5-6,8,13,18H,3-4,7,9-11H2,1-2H3. The summed E-state index contributed by atoms with van der Waals surface area (Å²) >= 11 is 3.56. The third-order valence-corrected chi connectivity index (χ3v) is 5.09. The number of halogens is 1. The summed E-state index contributed by atoms with van der Waals surface area (Å²) in [5.41, 5.74) is 1.90. The Hall–Kier alpha value is -0.870. The highest BCUT2D eigenvalue weighted by Crippen LogP contribution is 2.26. The van der Waals surface area contributed by atoms with E-state index in [1.54, 1.807) is 0 Å². The molecule has 1 heterocycles. The normalized spacial score (nSPS) is 19.1. The maximum atomic E-state index is 12.8. The molecule has 1 atom stereocenters. The number of nitrogens with one attached hydrogen (secondary N) is 1. The molecule has 1 aliphatic heterocycles. The lowest BCUT2D eigenvalue weighted by molar-refractivity contribution is 0.0601. The maximum Gasteiger partial charge on any atom is 0.255 e. The summed E-state index contributed by atoms with van der Waals surface area (Å²) in [5.74, 6) is 0.168. The fourth-order valence-electron chi connectivity index (χ4n) is 2.85. The Kier molecular flexibility index (Phi) is 5.61. The van der Waals surface area contributed by atoms with Crippen LogP contribution in [0.5, 0.6) is 0 Å². The van der Waals surface area contributed by atoms with Crippen molar-refractivity contribution in [2.75, 3.05) is 20.1 Å². The highest BCUT2D eigenvalue weighted by molar-refractivity contribution is 9.10. The molecule has 1 aromatic rings. The quantitative estimate of drug-likeness (QED) is 0.912. The molecular formula is C16H23BrN2O. The first-order valence-electron chi connectivity index (χ1n) is 7.36. The molecule has 2 rings (SSSR count). The van der Waals surface area contributed by atoms with Crippen LogP contribution in [0.3, 0.4) is 0 Å². The fraction of sp³-hybridized carbons (Fsp3) is 0.562. The van der Waals surface area contributed by atoms with Crippen molar-refractivity contribution in [3.8, 4) is 0 Å². The summed E-state index contributed by atoms with van der Waals surface area (Å²) in [5, 5.41) is 3.19. The molecule has 1 aliphatic rings. The number of rotatable bonds is 4. The lowest BCUT2D eigenvalue weighted by atomic mass is 9.98. The van der Waals surface area contributed by atoms with E-state index in [2.05, 4.69) is 26.1 Å². The van der Waals surface area contributed by atoms with E-state index in [0.29, 0.717) is 6.04 Å². The third kappa shape index (κ3) is 3.41. The van der Waals surface area contributed by atoms with Gasteiger partial charge < -0.3 is 10.2 Å². The number of carbonyl (C=O) groups excluding carboxylic acids is 1. The van der Waals surface area contributed by atoms with E-state index in [1.165, 1.54) is 6.42 Å². The first-order valence-corrected chi connectivity index (χ1v) is 8.15. The predicted octanol–water partition coefficient (Wildman–Crippen LogP) is 3.36. The zero-order valence-corrected chi connectivity index (χ0v) is 13.9. The number of hydrogen-bond donors (Lipinski definition) is 1. The van der Waals surface area contributed by atoms with Crippen molar-refractivity contribution in [2.45, 2.75) is 38.6 Å². The van der Waals surface area contributed by atoms with E-state index in [4.69, 9.17) is 0 Å². The molecule has 1 aromatic carbocycles. The molecule has 1 amide bonds. The minimum absolute atomic E-state index is 0.168. The van der Waals surface area contributed by atoms with Gasteiger partial charge in [-0.1, -0.05) is 12.1 Å². The number of piperidine rings is 1. The summed E-state index contributed by atoms with van der Waals surface area (Å²) in [7, 11) is 1.96. The Balaban J connectivity index is 2.18. The van der Waals surface area contributed by atoms with Gasteiger partial charge in [-0.15, -0.1) is 0 Å². The van der Waals surface area contributed by atoms with E-state index in [-0.39, 0.29) is 5.91 Å². The Morgan fingerprint density at radius 1 is 1.45 bits per heavy atom. The lowest BCUT2D eigenvalue weighted by Gasteiger charge is -2.36. The van der Waals surface area contributed by atoms with E-state index < -0.39 is 0 Å². The van der Waals surface area contributed by atoms with Gasteiger partial charge in [0.15, 0.2) is 0 Å². The van der Waals surface area contributed by atoms with Crippen LogP contribution in [0, 0.1) is 6.92 Å². The summed E-state index contributed by atoms with van der Waals surface area (Å²) in [4.78, 5) is 14.9. The molecule has 110 valence electrons. The van der Waals surface area contributed by atoms with Gasteiger partial charge in [0.1, 0.15) is 0 Å². The number of likely N-dealkylation sites (tertiary alicyclic amines) is 1. The second-order valence-corrected chi connectivity index (χ2v) is 6.27. The van der Waals surface area contributed by atoms with Crippen LogP contribution < -0.4 is 5.32 Å². The Bertz CT molecular complexity index is 476. The molecule has 0 spiro atoms. The Labute approximate surface area is 129 Å². The summed E-state index contributed by atoms with van der Waals surface area (Å²) < 4.78 is 0.933. The van der Waals surface area contributed by atoms with Crippen molar-refractivity contribution in [1.82, 2.24) is 10.2 Å². The zero-order valence-electron chi connectivity index (χ0n) is 12.3. The monoisotopic (exact) mass is 338 g/mol. The van der Waals surface area contributed by atoms with Gasteiger partial charge in [0.25, 0.3) is 5.91 Å². The van der Waals surface area contributed by atoms with Gasteiger partial charge in [0.2, 0.25) is 0 Å². The summed E-state index contributed by atoms with van der Waals surface area (Å²) in [6.45, 7) is 3.87. The van der Waals surface area contributed by atoms with Gasteiger partial charge in [-0.05, 0) is 73.8 Å². The van der Waals surface area contributed by atoms with Crippen molar-refractivity contribution in [2.24, 2.45) is 0 Å². The molecule has 0 aromatic heterocycles. The van der Waals surface area contributed by atoms with Crippen LogP contribution in [0.4, 0.5) is 0 Å². The van der Waals surface area contributed by atoms with E-state index in [0.717, 1.165) is 48.0 Å². The van der Waals surface area contributed by atoms with Gasteiger partial charge in [-0.3, -0.25) is 4.79 Å². The highest BCUT2D eigenvalue weighted by Gasteiger charge is 2.28. The number of carbonyl (C=O) groups is 1. The average Bonchev–Trinajstić information content (AvgIpc) is 2.47. The van der Waals surface area contributed by atoms with Crippen LogP contribution in [0.2, 0.25) is 0 Å². The predicted molar refractivity (Wildman–Crippen MR) is 86.1 cm³/mol. The minimum atomic E-state index is 0.168. The molecule has 4 heteroatoms. The summed E-state index contributed by atoms with van der Waals surface area (Å²) in [6, 6.07) is 6.27. The van der Waals surface area contributed by atoms with Crippen LogP contribution in [0.25, 0.3) is 0 Å². The molecule has 0 aliphatic carbocycles. The molecule has 0 radical (unpaired) electrons. The molecule has 1 saturated heterocycles. The number of amides is 1. The zero-order chi connectivity index (χ0) is 14.5. The fourth-order valence-corrected chi connectivity index (χ4v) is 3.28. The minimum Gasteiger partial charge on any atom is -0.336 e. The van der Waals surface area contributed by atoms with Gasteiger partial charge in [-0.25, -0.2) is 0 Å². The van der Waals surface area contributed by atoms with Crippen molar-refractivity contribution in [3.05, 3.63) is 33.8 Å². The smallest absolute Gasteiger partial charge is 0.255 e. The highest BCUT2D eigenvalue weighted by atomic mass is 79.9. The average molecular weight is 339 g/mol. The Morgan fingerprint density at radius 3 is 3.00 bits per heavy atom. The van der Waals surface area contributed by atoms with Crippen LogP contribution in [-0.4, -0.2) is 37.0 Å². The molecule has 3 nitrogen and oxygen atoms in total. The second-order valence-electron chi connectivity index (χ2n) is 5.48.